The summed E-state index contributed by atoms with van der Waals surface area (Å²) in [5.41, 5.74) is -3.85. The summed E-state index contributed by atoms with van der Waals surface area (Å²) in [6, 6.07) is 5.35. The zero-order valence-corrected chi connectivity index (χ0v) is 18.2. The molecule has 0 saturated carbocycles. The maximum Gasteiger partial charge on any atom is 0.416 e. The van der Waals surface area contributed by atoms with Crippen molar-refractivity contribution in [3.8, 4) is 5.75 Å². The van der Waals surface area contributed by atoms with Gasteiger partial charge in [0.15, 0.2) is 6.61 Å². The number of anilines is 1. The van der Waals surface area contributed by atoms with E-state index in [2.05, 4.69) is 4.72 Å². The number of sulfonamides is 1. The Kier molecular flexibility index (Phi) is 8.01. The van der Waals surface area contributed by atoms with Crippen LogP contribution in [0.4, 0.5) is 32.0 Å². The fourth-order valence-electron chi connectivity index (χ4n) is 2.50. The Bertz CT molecular complexity index is 1050. The van der Waals surface area contributed by atoms with Crippen molar-refractivity contribution < 1.29 is 44.3 Å². The summed E-state index contributed by atoms with van der Waals surface area (Å²) in [7, 11) is -3.76. The van der Waals surface area contributed by atoms with Crippen LogP contribution in [0.3, 0.4) is 0 Å². The van der Waals surface area contributed by atoms with Gasteiger partial charge in [0.1, 0.15) is 5.75 Å². The lowest BCUT2D eigenvalue weighted by atomic mass is 10.1. The molecule has 1 unspecified atom stereocenters. The van der Waals surface area contributed by atoms with E-state index in [-0.39, 0.29) is 22.8 Å². The van der Waals surface area contributed by atoms with Gasteiger partial charge < -0.3 is 10.1 Å². The van der Waals surface area contributed by atoms with Gasteiger partial charge in [-0.1, -0.05) is 6.92 Å². The van der Waals surface area contributed by atoms with Crippen molar-refractivity contribution in [3.05, 3.63) is 53.6 Å². The van der Waals surface area contributed by atoms with E-state index in [0.29, 0.717) is 18.6 Å². The predicted octanol–water partition coefficient (Wildman–Crippen LogP) is 4.82. The van der Waals surface area contributed by atoms with E-state index in [0.717, 1.165) is 0 Å². The molecule has 1 atom stereocenters. The van der Waals surface area contributed by atoms with Gasteiger partial charge in [-0.25, -0.2) is 13.1 Å². The van der Waals surface area contributed by atoms with E-state index in [1.807, 2.05) is 5.32 Å². The molecular formula is C20H20F6N2O4S. The number of hydrogen-bond acceptors (Lipinski definition) is 4. The van der Waals surface area contributed by atoms with Crippen LogP contribution in [-0.2, 0) is 27.2 Å². The molecular weight excluding hydrogens is 478 g/mol. The molecule has 0 saturated heterocycles. The van der Waals surface area contributed by atoms with Gasteiger partial charge in [0.05, 0.1) is 16.0 Å². The van der Waals surface area contributed by atoms with E-state index < -0.39 is 51.7 Å². The van der Waals surface area contributed by atoms with Crippen molar-refractivity contribution in [2.45, 2.75) is 43.6 Å². The van der Waals surface area contributed by atoms with E-state index in [4.69, 9.17) is 4.74 Å². The second-order valence-corrected chi connectivity index (χ2v) is 8.75. The van der Waals surface area contributed by atoms with E-state index in [9.17, 15) is 39.6 Å². The number of hydrogen-bond donors (Lipinski definition) is 2. The third-order valence-electron chi connectivity index (χ3n) is 4.34. The molecule has 1 amide bonds. The van der Waals surface area contributed by atoms with Gasteiger partial charge in [0.2, 0.25) is 10.0 Å². The summed E-state index contributed by atoms with van der Waals surface area (Å²) >= 11 is 0. The van der Waals surface area contributed by atoms with Gasteiger partial charge in [0, 0.05) is 11.7 Å². The van der Waals surface area contributed by atoms with Crippen molar-refractivity contribution in [2.75, 3.05) is 11.9 Å². The Hall–Kier alpha value is -2.80. The summed E-state index contributed by atoms with van der Waals surface area (Å²) in [6.07, 6.45) is -9.53. The standard InChI is InChI=1S/C20H20F6N2O4S/c1-3-12(2)28-33(30,31)17-6-4-16(5-7-17)32-11-18(29)27-15-9-13(19(21,22)23)8-14(10-15)20(24,25)26/h4-10,12,28H,3,11H2,1-2H3,(H,27,29). The van der Waals surface area contributed by atoms with Gasteiger partial charge in [-0.05, 0) is 55.8 Å². The van der Waals surface area contributed by atoms with Crippen LogP contribution in [-0.4, -0.2) is 27.0 Å². The maximum absolute atomic E-state index is 12.9. The average Bonchev–Trinajstić information content (AvgIpc) is 2.70. The molecule has 0 heterocycles. The summed E-state index contributed by atoms with van der Waals surface area (Å²) < 4.78 is 109. The quantitative estimate of drug-likeness (QED) is 0.512. The van der Waals surface area contributed by atoms with Crippen LogP contribution in [0, 0.1) is 0 Å². The maximum atomic E-state index is 12.9. The number of amides is 1. The minimum atomic E-state index is -5.05. The first-order valence-corrected chi connectivity index (χ1v) is 10.9. The molecule has 0 radical (unpaired) electrons. The van der Waals surface area contributed by atoms with Crippen molar-refractivity contribution in [3.63, 3.8) is 0 Å². The number of alkyl halides is 6. The second kappa shape index (κ2) is 10.00. The minimum absolute atomic E-state index is 0.0525. The zero-order valence-electron chi connectivity index (χ0n) is 17.3. The van der Waals surface area contributed by atoms with Gasteiger partial charge in [-0.2, -0.15) is 26.3 Å². The lowest BCUT2D eigenvalue weighted by Crippen LogP contribution is -2.31. The molecule has 2 N–H and O–H groups in total. The molecule has 0 spiro atoms. The van der Waals surface area contributed by atoms with Crippen molar-refractivity contribution in [1.82, 2.24) is 4.72 Å². The van der Waals surface area contributed by atoms with Crippen LogP contribution in [0.5, 0.6) is 5.75 Å². The Morgan fingerprint density at radius 3 is 1.94 bits per heavy atom. The fraction of sp³-hybridized carbons (Fsp3) is 0.350. The Morgan fingerprint density at radius 1 is 0.970 bits per heavy atom. The van der Waals surface area contributed by atoms with Crippen LogP contribution in [0.15, 0.2) is 47.4 Å². The molecule has 0 fully saturated rings. The number of halogens is 6. The lowest BCUT2D eigenvalue weighted by molar-refractivity contribution is -0.143. The Morgan fingerprint density at radius 2 is 1.48 bits per heavy atom. The molecule has 182 valence electrons. The van der Waals surface area contributed by atoms with Crippen molar-refractivity contribution in [1.29, 1.82) is 0 Å². The highest BCUT2D eigenvalue weighted by Gasteiger charge is 2.37. The largest absolute Gasteiger partial charge is 0.484 e. The highest BCUT2D eigenvalue weighted by molar-refractivity contribution is 7.89. The molecule has 2 aromatic rings. The molecule has 0 bridgehead atoms. The van der Waals surface area contributed by atoms with Gasteiger partial charge >= 0.3 is 12.4 Å². The van der Waals surface area contributed by atoms with E-state index in [1.165, 1.54) is 24.3 Å². The summed E-state index contributed by atoms with van der Waals surface area (Å²) in [6.45, 7) is 2.75. The average molecular weight is 498 g/mol. The number of benzene rings is 2. The monoisotopic (exact) mass is 498 g/mol. The Balaban J connectivity index is 2.07. The van der Waals surface area contributed by atoms with Crippen molar-refractivity contribution in [2.24, 2.45) is 0 Å². The first-order chi connectivity index (χ1) is 15.1. The van der Waals surface area contributed by atoms with Crippen molar-refractivity contribution >= 4 is 21.6 Å². The minimum Gasteiger partial charge on any atom is -0.484 e. The molecule has 6 nitrogen and oxygen atoms in total. The first kappa shape index (κ1) is 26.5. The SMILES string of the molecule is CCC(C)NS(=O)(=O)c1ccc(OCC(=O)Nc2cc(C(F)(F)F)cc(C(F)(F)F)c2)cc1. The Labute approximate surface area is 186 Å². The normalized spacial score (nSPS) is 13.5. The van der Waals surface area contributed by atoms with Crippen LogP contribution in [0.2, 0.25) is 0 Å². The van der Waals surface area contributed by atoms with Crippen LogP contribution < -0.4 is 14.8 Å². The van der Waals surface area contributed by atoms with Crippen LogP contribution in [0.25, 0.3) is 0 Å². The highest BCUT2D eigenvalue weighted by Crippen LogP contribution is 2.37. The predicted molar refractivity (Wildman–Crippen MR) is 107 cm³/mol. The van der Waals surface area contributed by atoms with Gasteiger partial charge in [0.25, 0.3) is 5.91 Å². The number of ether oxygens (including phenoxy) is 1. The molecule has 0 aliphatic rings. The third-order valence-corrected chi connectivity index (χ3v) is 5.95. The lowest BCUT2D eigenvalue weighted by Gasteiger charge is -2.15. The fourth-order valence-corrected chi connectivity index (χ4v) is 3.83. The molecule has 33 heavy (non-hydrogen) atoms. The third kappa shape index (κ3) is 7.63. The summed E-state index contributed by atoms with van der Waals surface area (Å²) in [4.78, 5) is 11.9. The van der Waals surface area contributed by atoms with Crippen LogP contribution in [0.1, 0.15) is 31.4 Å². The molecule has 0 aliphatic heterocycles. The van der Waals surface area contributed by atoms with Gasteiger partial charge in [-0.3, -0.25) is 4.79 Å². The van der Waals surface area contributed by atoms with E-state index >= 15 is 0 Å². The number of nitrogens with one attached hydrogen (secondary N) is 2. The number of carbonyl (C=O) groups is 1. The van der Waals surface area contributed by atoms with E-state index in [1.54, 1.807) is 13.8 Å². The summed E-state index contributed by atoms with van der Waals surface area (Å²) in [5.74, 6) is -0.953. The molecule has 13 heteroatoms. The smallest absolute Gasteiger partial charge is 0.416 e. The molecule has 2 rings (SSSR count). The zero-order chi connectivity index (χ0) is 25.0. The molecule has 0 aromatic heterocycles. The second-order valence-electron chi connectivity index (χ2n) is 7.03. The number of carbonyl (C=O) groups excluding carboxylic acids is 1. The molecule has 2 aromatic carbocycles. The topological polar surface area (TPSA) is 84.5 Å². The first-order valence-electron chi connectivity index (χ1n) is 9.46. The molecule has 0 aliphatic carbocycles. The highest BCUT2D eigenvalue weighted by atomic mass is 32.2. The van der Waals surface area contributed by atoms with Gasteiger partial charge in [-0.15, -0.1) is 0 Å². The number of rotatable bonds is 8. The summed E-state index contributed by atoms with van der Waals surface area (Å²) in [5, 5.41) is 1.93. The van der Waals surface area contributed by atoms with Crippen LogP contribution >= 0.6 is 0 Å².